The van der Waals surface area contributed by atoms with Gasteiger partial charge in [-0.3, -0.25) is 0 Å². The van der Waals surface area contributed by atoms with E-state index >= 15 is 0 Å². The maximum absolute atomic E-state index is 12.4. The normalized spacial score (nSPS) is 12.5. The van der Waals surface area contributed by atoms with E-state index in [-0.39, 0.29) is 11.7 Å². The molecule has 0 aliphatic carbocycles. The molecule has 0 amide bonds. The summed E-state index contributed by atoms with van der Waals surface area (Å²) in [5.41, 5.74) is -0.272. The second-order valence-corrected chi connectivity index (χ2v) is 5.11. The van der Waals surface area contributed by atoms with E-state index in [4.69, 9.17) is 0 Å². The molecule has 0 unspecified atom stereocenters. The Hall–Kier alpha value is -1.77. The van der Waals surface area contributed by atoms with Crippen molar-refractivity contribution in [2.75, 3.05) is 5.32 Å². The maximum Gasteiger partial charge on any atom is 0.427 e. The number of hydrogen-bond donors (Lipinski definition) is 1. The van der Waals surface area contributed by atoms with Gasteiger partial charge in [0.25, 0.3) is 0 Å². The summed E-state index contributed by atoms with van der Waals surface area (Å²) in [4.78, 5) is 2.73. The van der Waals surface area contributed by atoms with Crippen LogP contribution < -0.4 is 5.32 Å². The third-order valence-corrected chi connectivity index (χ3v) is 3.51. The molecule has 0 saturated carbocycles. The molecule has 9 heteroatoms. The van der Waals surface area contributed by atoms with Crippen molar-refractivity contribution < 1.29 is 26.3 Å². The van der Waals surface area contributed by atoms with Gasteiger partial charge in [0.15, 0.2) is 5.13 Å². The van der Waals surface area contributed by atoms with Crippen LogP contribution in [0.15, 0.2) is 30.5 Å². The quantitative estimate of drug-likeness (QED) is 0.820. The van der Waals surface area contributed by atoms with E-state index in [0.717, 1.165) is 12.1 Å². The molecule has 2 aromatic rings. The third-order valence-electron chi connectivity index (χ3n) is 2.51. The van der Waals surface area contributed by atoms with Crippen molar-refractivity contribution in [1.82, 2.24) is 4.98 Å². The zero-order valence-electron chi connectivity index (χ0n) is 10.2. The van der Waals surface area contributed by atoms with Crippen molar-refractivity contribution in [3.63, 3.8) is 0 Å². The largest absolute Gasteiger partial charge is 0.427 e. The summed E-state index contributed by atoms with van der Waals surface area (Å²) in [6, 6.07) is 4.35. The van der Waals surface area contributed by atoms with E-state index in [1.165, 1.54) is 12.1 Å². The number of hydrogen-bond acceptors (Lipinski definition) is 3. The van der Waals surface area contributed by atoms with Crippen LogP contribution in [-0.4, -0.2) is 4.98 Å². The number of rotatable bonds is 3. The molecule has 2 rings (SSSR count). The maximum atomic E-state index is 12.4. The smallest absolute Gasteiger partial charge is 0.357 e. The Kier molecular flexibility index (Phi) is 4.13. The molecule has 0 bridgehead atoms. The minimum absolute atomic E-state index is 0.0576. The van der Waals surface area contributed by atoms with Gasteiger partial charge in [0.2, 0.25) is 0 Å². The number of anilines is 1. The van der Waals surface area contributed by atoms with Crippen LogP contribution in [0.5, 0.6) is 0 Å². The van der Waals surface area contributed by atoms with Crippen LogP contribution in [-0.2, 0) is 18.9 Å². The molecule has 114 valence electrons. The minimum atomic E-state index is -4.45. The average molecular weight is 326 g/mol. The lowest BCUT2D eigenvalue weighted by atomic mass is 10.1. The number of aromatic nitrogens is 1. The van der Waals surface area contributed by atoms with Gasteiger partial charge in [0, 0.05) is 6.54 Å². The third kappa shape index (κ3) is 4.10. The second-order valence-electron chi connectivity index (χ2n) is 4.08. The summed E-state index contributed by atoms with van der Waals surface area (Å²) in [5.74, 6) is 0. The van der Waals surface area contributed by atoms with Crippen LogP contribution in [0.25, 0.3) is 0 Å². The molecule has 1 N–H and O–H groups in total. The Balaban J connectivity index is 1.99. The van der Waals surface area contributed by atoms with Crippen molar-refractivity contribution in [2.24, 2.45) is 0 Å². The van der Waals surface area contributed by atoms with Gasteiger partial charge in [0.05, 0.1) is 11.8 Å². The highest BCUT2D eigenvalue weighted by molar-refractivity contribution is 7.15. The lowest BCUT2D eigenvalue weighted by Gasteiger charge is -2.08. The van der Waals surface area contributed by atoms with Crippen LogP contribution in [0.3, 0.4) is 0 Å². The van der Waals surface area contributed by atoms with Crippen molar-refractivity contribution in [2.45, 2.75) is 18.9 Å². The Bertz CT molecular complexity index is 599. The molecule has 0 aliphatic rings. The van der Waals surface area contributed by atoms with E-state index in [1.807, 2.05) is 0 Å². The molecule has 2 nitrogen and oxygen atoms in total. The summed E-state index contributed by atoms with van der Waals surface area (Å²) in [7, 11) is 0. The number of nitrogens with one attached hydrogen (secondary N) is 1. The summed E-state index contributed by atoms with van der Waals surface area (Å²) < 4.78 is 74.1. The van der Waals surface area contributed by atoms with Crippen molar-refractivity contribution >= 4 is 16.5 Å². The molecule has 0 fully saturated rings. The Morgan fingerprint density at radius 1 is 0.952 bits per heavy atom. The lowest BCUT2D eigenvalue weighted by molar-refractivity contribution is -0.137. The van der Waals surface area contributed by atoms with Crippen LogP contribution in [0, 0.1) is 0 Å². The standard InChI is InChI=1S/C12H8F6N2S/c13-11(14,15)8-3-1-7(2-4-8)5-19-10-20-6-9(21-10)12(16,17)18/h1-4,6H,5H2,(H,19,20). The topological polar surface area (TPSA) is 24.9 Å². The second kappa shape index (κ2) is 5.55. The van der Waals surface area contributed by atoms with Crippen molar-refractivity contribution in [1.29, 1.82) is 0 Å². The van der Waals surface area contributed by atoms with Crippen LogP contribution in [0.1, 0.15) is 16.0 Å². The molecule has 0 atom stereocenters. The summed E-state index contributed by atoms with van der Waals surface area (Å²) >= 11 is 0.439. The fraction of sp³-hybridized carbons (Fsp3) is 0.250. The van der Waals surface area contributed by atoms with E-state index in [1.54, 1.807) is 0 Å². The first-order valence-corrected chi connectivity index (χ1v) is 6.41. The van der Waals surface area contributed by atoms with E-state index in [2.05, 4.69) is 10.3 Å². The summed E-state index contributed by atoms with van der Waals surface area (Å²) in [6.45, 7) is 0.0863. The highest BCUT2D eigenvalue weighted by Crippen LogP contribution is 2.35. The number of benzene rings is 1. The Morgan fingerprint density at radius 2 is 1.57 bits per heavy atom. The van der Waals surface area contributed by atoms with Crippen LogP contribution >= 0.6 is 11.3 Å². The highest BCUT2D eigenvalue weighted by Gasteiger charge is 2.33. The molecule has 1 heterocycles. The van der Waals surface area contributed by atoms with Gasteiger partial charge >= 0.3 is 12.4 Å². The first kappa shape index (κ1) is 15.6. The predicted molar refractivity (Wildman–Crippen MR) is 65.9 cm³/mol. The van der Waals surface area contributed by atoms with E-state index in [9.17, 15) is 26.3 Å². The number of thiazole rings is 1. The van der Waals surface area contributed by atoms with Crippen LogP contribution in [0.4, 0.5) is 31.5 Å². The van der Waals surface area contributed by atoms with Crippen LogP contribution in [0.2, 0.25) is 0 Å². The fourth-order valence-corrected chi connectivity index (χ4v) is 2.16. The molecule has 0 saturated heterocycles. The van der Waals surface area contributed by atoms with Gasteiger partial charge in [-0.15, -0.1) is 0 Å². The average Bonchev–Trinajstić information content (AvgIpc) is 2.84. The Morgan fingerprint density at radius 3 is 2.05 bits per heavy atom. The zero-order valence-corrected chi connectivity index (χ0v) is 11.0. The molecule has 21 heavy (non-hydrogen) atoms. The van der Waals surface area contributed by atoms with E-state index < -0.39 is 22.8 Å². The molecular weight excluding hydrogens is 318 g/mol. The number of nitrogens with zero attached hydrogens (tertiary/aromatic N) is 1. The van der Waals surface area contributed by atoms with Gasteiger partial charge in [-0.05, 0) is 17.7 Å². The molecule has 1 aromatic heterocycles. The first-order valence-electron chi connectivity index (χ1n) is 5.59. The zero-order chi connectivity index (χ0) is 15.7. The SMILES string of the molecule is FC(F)(F)c1ccc(CNc2ncc(C(F)(F)F)s2)cc1. The first-order chi connectivity index (χ1) is 9.66. The Labute approximate surface area is 119 Å². The molecular formula is C12H8F6N2S. The number of alkyl halides is 6. The van der Waals surface area contributed by atoms with E-state index in [0.29, 0.717) is 23.1 Å². The summed E-state index contributed by atoms with van der Waals surface area (Å²) in [5, 5.41) is 2.70. The lowest BCUT2D eigenvalue weighted by Crippen LogP contribution is -2.05. The molecule has 1 aromatic carbocycles. The molecule has 0 spiro atoms. The van der Waals surface area contributed by atoms with Gasteiger partial charge < -0.3 is 5.32 Å². The monoisotopic (exact) mass is 326 g/mol. The number of halogens is 6. The van der Waals surface area contributed by atoms with Gasteiger partial charge in [-0.2, -0.15) is 26.3 Å². The van der Waals surface area contributed by atoms with Crippen molar-refractivity contribution in [3.05, 3.63) is 46.5 Å². The fourth-order valence-electron chi connectivity index (χ4n) is 1.48. The molecule has 0 aliphatic heterocycles. The van der Waals surface area contributed by atoms with Crippen molar-refractivity contribution in [3.8, 4) is 0 Å². The highest BCUT2D eigenvalue weighted by atomic mass is 32.1. The molecule has 0 radical (unpaired) electrons. The minimum Gasteiger partial charge on any atom is -0.357 e. The predicted octanol–water partition coefficient (Wildman–Crippen LogP) is 4.79. The van der Waals surface area contributed by atoms with Gasteiger partial charge in [-0.25, -0.2) is 4.98 Å². The van der Waals surface area contributed by atoms with Gasteiger partial charge in [-0.1, -0.05) is 23.5 Å². The van der Waals surface area contributed by atoms with Gasteiger partial charge in [0.1, 0.15) is 4.88 Å². The summed E-state index contributed by atoms with van der Waals surface area (Å²) in [6.07, 6.45) is -8.16.